The highest BCUT2D eigenvalue weighted by molar-refractivity contribution is 5.83. The Labute approximate surface area is 189 Å². The van der Waals surface area contributed by atoms with Gasteiger partial charge in [0.25, 0.3) is 0 Å². The molecule has 1 atom stereocenters. The second-order valence-corrected chi connectivity index (χ2v) is 8.52. The first-order valence-corrected chi connectivity index (χ1v) is 10.6. The Balaban J connectivity index is 1.93. The van der Waals surface area contributed by atoms with Crippen molar-refractivity contribution in [1.82, 2.24) is 5.32 Å². The summed E-state index contributed by atoms with van der Waals surface area (Å²) in [6, 6.07) is 27.7. The molecular weight excluding hydrogens is 402 g/mol. The minimum Gasteiger partial charge on any atom is -0.459 e. The molecule has 0 saturated carbocycles. The summed E-state index contributed by atoms with van der Waals surface area (Å²) < 4.78 is 11.1. The summed E-state index contributed by atoms with van der Waals surface area (Å²) in [5, 5.41) is 2.77. The fourth-order valence-electron chi connectivity index (χ4n) is 3.43. The van der Waals surface area contributed by atoms with Crippen molar-refractivity contribution in [3.8, 4) is 0 Å². The fraction of sp³-hybridized carbons (Fsp3) is 0.259. The van der Waals surface area contributed by atoms with Crippen molar-refractivity contribution < 1.29 is 19.1 Å². The maximum Gasteiger partial charge on any atom is 0.408 e. The number of carbonyl (C=O) groups is 2. The summed E-state index contributed by atoms with van der Waals surface area (Å²) in [4.78, 5) is 26.0. The molecule has 0 aliphatic carbocycles. The number of benzene rings is 3. The third kappa shape index (κ3) is 6.71. The van der Waals surface area contributed by atoms with Gasteiger partial charge in [0.05, 0.1) is 0 Å². The second kappa shape index (κ2) is 10.6. The van der Waals surface area contributed by atoms with Crippen molar-refractivity contribution in [2.24, 2.45) is 0 Å². The van der Waals surface area contributed by atoms with E-state index >= 15 is 0 Å². The van der Waals surface area contributed by atoms with Gasteiger partial charge in [-0.25, -0.2) is 9.59 Å². The summed E-state index contributed by atoms with van der Waals surface area (Å²) in [5.41, 5.74) is 1.94. The molecular formula is C27H29NO4. The van der Waals surface area contributed by atoms with Gasteiger partial charge in [-0.05, 0) is 37.5 Å². The van der Waals surface area contributed by atoms with E-state index in [1.165, 1.54) is 0 Å². The standard InChI is InChI=1S/C27H29NO4/c1-27(2,3)32-26(30)28-24(25(29)31-19-20-13-7-4-8-14-20)23(21-15-9-5-10-16-21)22-17-11-6-12-18-22/h4-18,23-24H,19H2,1-3H3,(H,28,30)/t24-/m1/s1. The lowest BCUT2D eigenvalue weighted by atomic mass is 9.85. The molecule has 0 unspecified atom stereocenters. The number of ether oxygens (including phenoxy) is 2. The van der Waals surface area contributed by atoms with Crippen LogP contribution in [0.25, 0.3) is 0 Å². The van der Waals surface area contributed by atoms with Gasteiger partial charge in [0.2, 0.25) is 0 Å². The molecule has 3 aromatic rings. The lowest BCUT2D eigenvalue weighted by Crippen LogP contribution is -2.47. The Kier molecular flexibility index (Phi) is 7.66. The van der Waals surface area contributed by atoms with Crippen LogP contribution in [0.3, 0.4) is 0 Å². The monoisotopic (exact) mass is 431 g/mol. The fourth-order valence-corrected chi connectivity index (χ4v) is 3.43. The van der Waals surface area contributed by atoms with Crippen LogP contribution in [0, 0.1) is 0 Å². The molecule has 1 amide bonds. The van der Waals surface area contributed by atoms with E-state index in [0.29, 0.717) is 0 Å². The van der Waals surface area contributed by atoms with Gasteiger partial charge in [-0.2, -0.15) is 0 Å². The summed E-state index contributed by atoms with van der Waals surface area (Å²) in [7, 11) is 0. The Morgan fingerprint density at radius 1 is 0.781 bits per heavy atom. The van der Waals surface area contributed by atoms with E-state index in [9.17, 15) is 9.59 Å². The molecule has 3 rings (SSSR count). The summed E-state index contributed by atoms with van der Waals surface area (Å²) in [5.74, 6) is -0.981. The number of nitrogens with one attached hydrogen (secondary N) is 1. The number of alkyl carbamates (subject to hydrolysis) is 1. The number of hydrogen-bond donors (Lipinski definition) is 1. The minimum absolute atomic E-state index is 0.114. The van der Waals surface area contributed by atoms with Crippen molar-refractivity contribution in [3.63, 3.8) is 0 Å². The Morgan fingerprint density at radius 3 is 1.72 bits per heavy atom. The maximum absolute atomic E-state index is 13.3. The summed E-state index contributed by atoms with van der Waals surface area (Å²) in [6.07, 6.45) is -0.670. The largest absolute Gasteiger partial charge is 0.459 e. The van der Waals surface area contributed by atoms with Crippen LogP contribution < -0.4 is 5.32 Å². The highest BCUT2D eigenvalue weighted by Crippen LogP contribution is 2.29. The number of rotatable bonds is 7. The average Bonchev–Trinajstić information content (AvgIpc) is 2.78. The normalized spacial score (nSPS) is 12.1. The molecule has 5 nitrogen and oxygen atoms in total. The molecule has 1 N–H and O–H groups in total. The quantitative estimate of drug-likeness (QED) is 0.505. The predicted octanol–water partition coefficient (Wildman–Crippen LogP) is 5.46. The van der Waals surface area contributed by atoms with Gasteiger partial charge in [0.15, 0.2) is 0 Å². The third-order valence-corrected chi connectivity index (χ3v) is 4.80. The van der Waals surface area contributed by atoms with E-state index < -0.39 is 29.6 Å². The molecule has 5 heteroatoms. The van der Waals surface area contributed by atoms with E-state index in [1.54, 1.807) is 20.8 Å². The molecule has 0 spiro atoms. The highest BCUT2D eigenvalue weighted by atomic mass is 16.6. The SMILES string of the molecule is CC(C)(C)OC(=O)N[C@@H](C(=O)OCc1ccccc1)C(c1ccccc1)c1ccccc1. The second-order valence-electron chi connectivity index (χ2n) is 8.52. The van der Waals surface area contributed by atoms with Gasteiger partial charge >= 0.3 is 12.1 Å². The van der Waals surface area contributed by atoms with Crippen LogP contribution in [0.2, 0.25) is 0 Å². The summed E-state index contributed by atoms with van der Waals surface area (Å²) in [6.45, 7) is 5.45. The first kappa shape index (κ1) is 23.1. The van der Waals surface area contributed by atoms with Crippen molar-refractivity contribution in [2.45, 2.75) is 44.9 Å². The number of hydrogen-bond acceptors (Lipinski definition) is 4. The molecule has 3 aromatic carbocycles. The van der Waals surface area contributed by atoms with E-state index in [4.69, 9.17) is 9.47 Å². The number of esters is 1. The van der Waals surface area contributed by atoms with Gasteiger partial charge in [-0.3, -0.25) is 0 Å². The van der Waals surface area contributed by atoms with Crippen molar-refractivity contribution >= 4 is 12.1 Å². The smallest absolute Gasteiger partial charge is 0.408 e. The van der Waals surface area contributed by atoms with Crippen LogP contribution in [-0.2, 0) is 20.9 Å². The Hall–Kier alpha value is -3.60. The van der Waals surface area contributed by atoms with Crippen molar-refractivity contribution in [3.05, 3.63) is 108 Å². The van der Waals surface area contributed by atoms with Crippen LogP contribution in [-0.4, -0.2) is 23.7 Å². The van der Waals surface area contributed by atoms with E-state index in [2.05, 4.69) is 5.32 Å². The molecule has 0 aliphatic heterocycles. The molecule has 0 saturated heterocycles. The third-order valence-electron chi connectivity index (χ3n) is 4.80. The van der Waals surface area contributed by atoms with Gasteiger partial charge in [-0.1, -0.05) is 91.0 Å². The molecule has 0 fully saturated rings. The first-order chi connectivity index (χ1) is 15.3. The van der Waals surface area contributed by atoms with Crippen LogP contribution in [0.1, 0.15) is 43.4 Å². The predicted molar refractivity (Wildman–Crippen MR) is 124 cm³/mol. The average molecular weight is 432 g/mol. The molecule has 0 aromatic heterocycles. The first-order valence-electron chi connectivity index (χ1n) is 10.6. The van der Waals surface area contributed by atoms with Gasteiger partial charge in [-0.15, -0.1) is 0 Å². The van der Waals surface area contributed by atoms with E-state index in [1.807, 2.05) is 91.0 Å². The molecule has 0 radical (unpaired) electrons. The molecule has 32 heavy (non-hydrogen) atoms. The number of amides is 1. The molecule has 0 bridgehead atoms. The van der Waals surface area contributed by atoms with E-state index in [0.717, 1.165) is 16.7 Å². The zero-order chi connectivity index (χ0) is 23.0. The topological polar surface area (TPSA) is 64.6 Å². The van der Waals surface area contributed by atoms with Gasteiger partial charge < -0.3 is 14.8 Å². The van der Waals surface area contributed by atoms with Crippen LogP contribution in [0.4, 0.5) is 4.79 Å². The van der Waals surface area contributed by atoms with E-state index in [-0.39, 0.29) is 6.61 Å². The molecule has 0 heterocycles. The van der Waals surface area contributed by atoms with Gasteiger partial charge in [0, 0.05) is 5.92 Å². The molecule has 166 valence electrons. The highest BCUT2D eigenvalue weighted by Gasteiger charge is 2.35. The van der Waals surface area contributed by atoms with Crippen molar-refractivity contribution in [2.75, 3.05) is 0 Å². The van der Waals surface area contributed by atoms with Gasteiger partial charge in [0.1, 0.15) is 18.2 Å². The number of carbonyl (C=O) groups excluding carboxylic acids is 2. The Morgan fingerprint density at radius 2 is 1.25 bits per heavy atom. The van der Waals surface area contributed by atoms with Crippen LogP contribution >= 0.6 is 0 Å². The molecule has 0 aliphatic rings. The minimum atomic E-state index is -0.974. The zero-order valence-electron chi connectivity index (χ0n) is 18.7. The lowest BCUT2D eigenvalue weighted by molar-refractivity contribution is -0.147. The maximum atomic E-state index is 13.3. The summed E-state index contributed by atoms with van der Waals surface area (Å²) >= 11 is 0. The zero-order valence-corrected chi connectivity index (χ0v) is 18.7. The Bertz CT molecular complexity index is 959. The van der Waals surface area contributed by atoms with Crippen LogP contribution in [0.5, 0.6) is 0 Å². The lowest BCUT2D eigenvalue weighted by Gasteiger charge is -2.29. The van der Waals surface area contributed by atoms with Crippen molar-refractivity contribution in [1.29, 1.82) is 0 Å². The van der Waals surface area contributed by atoms with Crippen LogP contribution in [0.15, 0.2) is 91.0 Å².